The van der Waals surface area contributed by atoms with E-state index in [0.717, 1.165) is 4.90 Å². The summed E-state index contributed by atoms with van der Waals surface area (Å²) in [6.07, 6.45) is 1.69. The van der Waals surface area contributed by atoms with Crippen LogP contribution in [0.4, 0.5) is 0 Å². The Kier molecular flexibility index (Phi) is 4.98. The molecule has 0 N–H and O–H groups in total. The van der Waals surface area contributed by atoms with Crippen LogP contribution in [0.3, 0.4) is 0 Å². The molecule has 5 heteroatoms. The summed E-state index contributed by atoms with van der Waals surface area (Å²) in [7, 11) is 3.05. The third kappa shape index (κ3) is 3.62. The van der Waals surface area contributed by atoms with Gasteiger partial charge in [-0.3, -0.25) is 9.63 Å². The van der Waals surface area contributed by atoms with Gasteiger partial charge in [-0.2, -0.15) is 0 Å². The Hall–Kier alpha value is -1.85. The van der Waals surface area contributed by atoms with Crippen molar-refractivity contribution in [2.75, 3.05) is 14.2 Å². The number of hydrogen-bond donors (Lipinski definition) is 0. The number of nitrogens with zero attached hydrogens (tertiary/aromatic N) is 2. The van der Waals surface area contributed by atoms with Gasteiger partial charge in [0, 0.05) is 18.1 Å². The highest BCUT2D eigenvalue weighted by atomic mass is 32.2. The molecule has 0 saturated heterocycles. The smallest absolute Gasteiger partial charge is 0.274 e. The zero-order valence-corrected chi connectivity index (χ0v) is 13.4. The van der Waals surface area contributed by atoms with Crippen LogP contribution in [-0.2, 0) is 4.84 Å². The lowest BCUT2D eigenvalue weighted by Crippen LogP contribution is -2.26. The first-order valence-corrected chi connectivity index (χ1v) is 7.37. The maximum atomic E-state index is 12.3. The number of aryl methyl sites for hydroxylation is 2. The van der Waals surface area contributed by atoms with E-state index in [-0.39, 0.29) is 5.91 Å². The molecule has 0 saturated carbocycles. The van der Waals surface area contributed by atoms with E-state index < -0.39 is 0 Å². The Labute approximate surface area is 129 Å². The molecule has 1 amide bonds. The Morgan fingerprint density at radius 2 is 2.00 bits per heavy atom. The minimum atomic E-state index is -0.211. The van der Waals surface area contributed by atoms with Crippen molar-refractivity contribution in [1.82, 2.24) is 10.0 Å². The summed E-state index contributed by atoms with van der Waals surface area (Å²) in [5.41, 5.74) is 3.00. The van der Waals surface area contributed by atoms with Crippen molar-refractivity contribution in [3.8, 4) is 0 Å². The van der Waals surface area contributed by atoms with Crippen molar-refractivity contribution in [3.05, 3.63) is 53.2 Å². The number of amides is 1. The summed E-state index contributed by atoms with van der Waals surface area (Å²) in [6.45, 7) is 4.15. The van der Waals surface area contributed by atoms with Gasteiger partial charge in [-0.05, 0) is 49.2 Å². The van der Waals surface area contributed by atoms with E-state index in [1.165, 1.54) is 35.1 Å². The van der Waals surface area contributed by atoms with Gasteiger partial charge in [0.15, 0.2) is 0 Å². The molecule has 110 valence electrons. The van der Waals surface area contributed by atoms with E-state index in [0.29, 0.717) is 10.6 Å². The highest BCUT2D eigenvalue weighted by Crippen LogP contribution is 2.30. The first-order chi connectivity index (χ1) is 10.0. The molecule has 0 aliphatic heterocycles. The van der Waals surface area contributed by atoms with Crippen LogP contribution in [-0.4, -0.2) is 30.1 Å². The predicted molar refractivity (Wildman–Crippen MR) is 83.4 cm³/mol. The third-order valence-electron chi connectivity index (χ3n) is 3.25. The van der Waals surface area contributed by atoms with Crippen LogP contribution < -0.4 is 0 Å². The normalized spacial score (nSPS) is 10.5. The van der Waals surface area contributed by atoms with Crippen LogP contribution in [0.15, 0.2) is 46.5 Å². The molecule has 1 aromatic carbocycles. The predicted octanol–water partition coefficient (Wildman–Crippen LogP) is 3.48. The molecule has 0 unspecified atom stereocenters. The van der Waals surface area contributed by atoms with Gasteiger partial charge in [0.25, 0.3) is 5.91 Å². The van der Waals surface area contributed by atoms with Gasteiger partial charge in [-0.1, -0.05) is 17.8 Å². The Balaban J connectivity index is 2.32. The molecule has 0 aliphatic rings. The van der Waals surface area contributed by atoms with Crippen LogP contribution in [0.2, 0.25) is 0 Å². The van der Waals surface area contributed by atoms with Gasteiger partial charge >= 0.3 is 0 Å². The maximum Gasteiger partial charge on any atom is 0.279 e. The number of benzene rings is 1. The lowest BCUT2D eigenvalue weighted by Gasteiger charge is -2.15. The molecule has 2 rings (SSSR count). The standard InChI is InChI=1S/C16H18N2O2S/c1-11-7-8-13(10-12(11)2)21-15-14(6-5-9-17-15)16(19)18(3)20-4/h5-10H,1-4H3. The average molecular weight is 302 g/mol. The molecule has 0 bridgehead atoms. The first kappa shape index (κ1) is 15.5. The second-order valence-electron chi connectivity index (χ2n) is 4.69. The molecule has 0 radical (unpaired) electrons. The molecular formula is C16H18N2O2S. The molecular weight excluding hydrogens is 284 g/mol. The molecule has 0 atom stereocenters. The van der Waals surface area contributed by atoms with Gasteiger partial charge < -0.3 is 0 Å². The molecule has 1 heterocycles. The molecule has 4 nitrogen and oxygen atoms in total. The number of pyridine rings is 1. The minimum absolute atomic E-state index is 0.211. The van der Waals surface area contributed by atoms with E-state index in [9.17, 15) is 4.79 Å². The number of hydroxylamine groups is 2. The summed E-state index contributed by atoms with van der Waals surface area (Å²) >= 11 is 1.48. The highest BCUT2D eigenvalue weighted by molar-refractivity contribution is 7.99. The fourth-order valence-electron chi connectivity index (χ4n) is 1.78. The van der Waals surface area contributed by atoms with E-state index >= 15 is 0 Å². The fourth-order valence-corrected chi connectivity index (χ4v) is 2.75. The van der Waals surface area contributed by atoms with E-state index in [1.807, 2.05) is 6.07 Å². The Bertz CT molecular complexity index is 658. The van der Waals surface area contributed by atoms with Gasteiger partial charge in [0.1, 0.15) is 5.03 Å². The summed E-state index contributed by atoms with van der Waals surface area (Å²) in [6, 6.07) is 9.72. The van der Waals surface area contributed by atoms with Crippen molar-refractivity contribution in [3.63, 3.8) is 0 Å². The molecule has 0 fully saturated rings. The largest absolute Gasteiger partial charge is 0.279 e. The summed E-state index contributed by atoms with van der Waals surface area (Å²) in [4.78, 5) is 22.6. The topological polar surface area (TPSA) is 42.4 Å². The highest BCUT2D eigenvalue weighted by Gasteiger charge is 2.17. The van der Waals surface area contributed by atoms with E-state index in [2.05, 4.69) is 31.0 Å². The SMILES string of the molecule is CON(C)C(=O)c1cccnc1Sc1ccc(C)c(C)c1. The maximum absolute atomic E-state index is 12.3. The number of rotatable bonds is 4. The average Bonchev–Trinajstić information content (AvgIpc) is 2.50. The number of hydrogen-bond acceptors (Lipinski definition) is 4. The van der Waals surface area contributed by atoms with Crippen LogP contribution in [0.1, 0.15) is 21.5 Å². The third-order valence-corrected chi connectivity index (χ3v) is 4.26. The Morgan fingerprint density at radius 3 is 2.67 bits per heavy atom. The lowest BCUT2D eigenvalue weighted by molar-refractivity contribution is -0.0759. The molecule has 0 spiro atoms. The van der Waals surface area contributed by atoms with Gasteiger partial charge in [-0.25, -0.2) is 10.0 Å². The molecule has 0 aliphatic carbocycles. The zero-order chi connectivity index (χ0) is 15.4. The fraction of sp³-hybridized carbons (Fsp3) is 0.250. The van der Waals surface area contributed by atoms with Crippen LogP contribution in [0.5, 0.6) is 0 Å². The second-order valence-corrected chi connectivity index (χ2v) is 5.75. The number of carbonyl (C=O) groups is 1. The minimum Gasteiger partial charge on any atom is -0.274 e. The van der Waals surface area contributed by atoms with Gasteiger partial charge in [-0.15, -0.1) is 0 Å². The van der Waals surface area contributed by atoms with E-state index in [1.54, 1.807) is 25.4 Å². The van der Waals surface area contributed by atoms with Crippen LogP contribution >= 0.6 is 11.8 Å². The van der Waals surface area contributed by atoms with Crippen molar-refractivity contribution >= 4 is 17.7 Å². The summed E-state index contributed by atoms with van der Waals surface area (Å²) in [5, 5.41) is 1.87. The molecule has 1 aromatic heterocycles. The molecule has 21 heavy (non-hydrogen) atoms. The van der Waals surface area contributed by atoms with Crippen LogP contribution in [0.25, 0.3) is 0 Å². The van der Waals surface area contributed by atoms with Crippen molar-refractivity contribution < 1.29 is 9.63 Å². The van der Waals surface area contributed by atoms with Crippen molar-refractivity contribution in [1.29, 1.82) is 0 Å². The van der Waals surface area contributed by atoms with Crippen molar-refractivity contribution in [2.24, 2.45) is 0 Å². The quantitative estimate of drug-likeness (QED) is 0.811. The Morgan fingerprint density at radius 1 is 1.24 bits per heavy atom. The first-order valence-electron chi connectivity index (χ1n) is 6.55. The number of aromatic nitrogens is 1. The lowest BCUT2D eigenvalue weighted by atomic mass is 10.1. The zero-order valence-electron chi connectivity index (χ0n) is 12.6. The van der Waals surface area contributed by atoms with E-state index in [4.69, 9.17) is 4.84 Å². The summed E-state index contributed by atoms with van der Waals surface area (Å²) < 4.78 is 0. The monoisotopic (exact) mass is 302 g/mol. The van der Waals surface area contributed by atoms with Gasteiger partial charge in [0.2, 0.25) is 0 Å². The summed E-state index contributed by atoms with van der Waals surface area (Å²) in [5.74, 6) is -0.211. The van der Waals surface area contributed by atoms with Crippen molar-refractivity contribution in [2.45, 2.75) is 23.8 Å². The van der Waals surface area contributed by atoms with Crippen LogP contribution in [0, 0.1) is 13.8 Å². The molecule has 2 aromatic rings. The number of carbonyl (C=O) groups excluding carboxylic acids is 1. The van der Waals surface area contributed by atoms with Gasteiger partial charge in [0.05, 0.1) is 12.7 Å². The second kappa shape index (κ2) is 6.74.